The van der Waals surface area contributed by atoms with Crippen molar-refractivity contribution < 1.29 is 88.9 Å². The second kappa shape index (κ2) is 10.1. The minimum Gasteiger partial charge on any atom is -0.289 e. The van der Waals surface area contributed by atoms with Crippen LogP contribution in [0.1, 0.15) is 12.8 Å². The minimum atomic E-state index is -5.40. The average Bonchev–Trinajstić information content (AvgIpc) is 2.34. The SMILES string of the molecule is O=C(CC(=O)C(F)(F)F)C(F)(F)F.O=C(CC(=O)C(F)(F)F)C(F)(F)F.[Cu]. The van der Waals surface area contributed by atoms with Gasteiger partial charge in [0.05, 0.1) is 12.8 Å². The third-order valence-corrected chi connectivity index (χ3v) is 1.91. The number of carbonyl (C=O) groups excluding carboxylic acids is 4. The molecule has 0 aliphatic heterocycles. The molecule has 0 amide bonds. The zero-order valence-corrected chi connectivity index (χ0v) is 12.8. The Balaban J connectivity index is -0.000000411. The van der Waals surface area contributed by atoms with Crippen molar-refractivity contribution in [3.8, 4) is 0 Å². The van der Waals surface area contributed by atoms with Gasteiger partial charge >= 0.3 is 24.7 Å². The van der Waals surface area contributed by atoms with E-state index in [0.29, 0.717) is 0 Å². The molecule has 0 aromatic carbocycles. The second-order valence-electron chi connectivity index (χ2n) is 4.04. The van der Waals surface area contributed by atoms with Crippen LogP contribution < -0.4 is 0 Å². The summed E-state index contributed by atoms with van der Waals surface area (Å²) in [5.74, 6) is -10.8. The van der Waals surface area contributed by atoms with Crippen LogP contribution in [-0.2, 0) is 36.2 Å². The van der Waals surface area contributed by atoms with Crippen LogP contribution in [-0.4, -0.2) is 47.8 Å². The molecule has 0 saturated carbocycles. The Labute approximate surface area is 150 Å². The Morgan fingerprint density at radius 3 is 0.593 bits per heavy atom. The summed E-state index contributed by atoms with van der Waals surface area (Å²) in [4.78, 5) is 39.5. The molecule has 0 atom stereocenters. The molecular formula is C10H4CuF12O4. The molecule has 4 nitrogen and oxygen atoms in total. The number of alkyl halides is 12. The number of Topliss-reactive ketones (excluding diaryl/α,β-unsaturated/α-hetero) is 4. The first kappa shape index (κ1) is 30.1. The zero-order valence-electron chi connectivity index (χ0n) is 11.9. The molecule has 0 bridgehead atoms. The molecular weight excluding hydrogens is 476 g/mol. The Hall–Kier alpha value is -1.64. The Kier molecular flexibility index (Phi) is 11.2. The van der Waals surface area contributed by atoms with Gasteiger partial charge in [0.15, 0.2) is 0 Å². The van der Waals surface area contributed by atoms with Gasteiger partial charge in [0.2, 0.25) is 23.1 Å². The number of hydrogen-bond acceptors (Lipinski definition) is 4. The van der Waals surface area contributed by atoms with Crippen LogP contribution in [0.2, 0.25) is 0 Å². The maximum absolute atomic E-state index is 11.3. The van der Waals surface area contributed by atoms with Gasteiger partial charge in [-0.15, -0.1) is 0 Å². The van der Waals surface area contributed by atoms with Crippen molar-refractivity contribution in [3.05, 3.63) is 0 Å². The molecule has 163 valence electrons. The summed E-state index contributed by atoms with van der Waals surface area (Å²) in [5.41, 5.74) is 0. The van der Waals surface area contributed by atoms with E-state index in [1.165, 1.54) is 0 Å². The van der Waals surface area contributed by atoms with Crippen LogP contribution in [0.15, 0.2) is 0 Å². The van der Waals surface area contributed by atoms with Crippen LogP contribution >= 0.6 is 0 Å². The molecule has 0 aliphatic carbocycles. The van der Waals surface area contributed by atoms with Crippen LogP contribution in [0.4, 0.5) is 52.7 Å². The molecule has 0 aromatic rings. The number of rotatable bonds is 4. The summed E-state index contributed by atoms with van der Waals surface area (Å²) in [6.45, 7) is 0. The van der Waals surface area contributed by atoms with Crippen LogP contribution in [0, 0.1) is 0 Å². The summed E-state index contributed by atoms with van der Waals surface area (Å²) in [5, 5.41) is 0. The Bertz CT molecular complexity index is 456. The molecule has 27 heavy (non-hydrogen) atoms. The Morgan fingerprint density at radius 2 is 0.519 bits per heavy atom. The van der Waals surface area contributed by atoms with Crippen molar-refractivity contribution >= 4 is 23.1 Å². The van der Waals surface area contributed by atoms with Gasteiger partial charge in [-0.25, -0.2) is 0 Å². The van der Waals surface area contributed by atoms with Gasteiger partial charge in [0, 0.05) is 17.1 Å². The van der Waals surface area contributed by atoms with Crippen molar-refractivity contribution in [2.24, 2.45) is 0 Å². The molecule has 17 heteroatoms. The molecule has 0 rings (SSSR count). The quantitative estimate of drug-likeness (QED) is 0.353. The predicted octanol–water partition coefficient (Wildman–Crippen LogP) is 3.28. The normalized spacial score (nSPS) is 12.3. The molecule has 0 spiro atoms. The zero-order chi connectivity index (χ0) is 21.7. The van der Waals surface area contributed by atoms with Gasteiger partial charge in [-0.1, -0.05) is 0 Å². The first-order valence-corrected chi connectivity index (χ1v) is 5.50. The first-order valence-electron chi connectivity index (χ1n) is 5.50. The fourth-order valence-electron chi connectivity index (χ4n) is 0.693. The van der Waals surface area contributed by atoms with Crippen LogP contribution in [0.3, 0.4) is 0 Å². The molecule has 0 heterocycles. The van der Waals surface area contributed by atoms with E-state index in [9.17, 15) is 71.9 Å². The summed E-state index contributed by atoms with van der Waals surface area (Å²) in [6.07, 6.45) is -26.0. The van der Waals surface area contributed by atoms with Gasteiger partial charge < -0.3 is 0 Å². The Morgan fingerprint density at radius 1 is 0.407 bits per heavy atom. The van der Waals surface area contributed by atoms with Crippen LogP contribution in [0.25, 0.3) is 0 Å². The van der Waals surface area contributed by atoms with Gasteiger partial charge in [0.25, 0.3) is 0 Å². The monoisotopic (exact) mass is 479 g/mol. The van der Waals surface area contributed by atoms with E-state index in [1.807, 2.05) is 0 Å². The summed E-state index contributed by atoms with van der Waals surface area (Å²) in [7, 11) is 0. The fourth-order valence-corrected chi connectivity index (χ4v) is 0.693. The van der Waals surface area contributed by atoms with E-state index in [2.05, 4.69) is 0 Å². The van der Waals surface area contributed by atoms with Crippen molar-refractivity contribution in [1.29, 1.82) is 0 Å². The van der Waals surface area contributed by atoms with Crippen molar-refractivity contribution in [2.45, 2.75) is 37.5 Å². The van der Waals surface area contributed by atoms with Gasteiger partial charge in [0.1, 0.15) is 0 Å². The predicted molar refractivity (Wildman–Crippen MR) is 53.5 cm³/mol. The molecule has 0 aromatic heterocycles. The summed E-state index contributed by atoms with van der Waals surface area (Å²) in [6, 6.07) is 0. The molecule has 0 fully saturated rings. The molecule has 0 N–H and O–H groups in total. The van der Waals surface area contributed by atoms with Gasteiger partial charge in [-0.2, -0.15) is 52.7 Å². The van der Waals surface area contributed by atoms with E-state index in [4.69, 9.17) is 0 Å². The van der Waals surface area contributed by atoms with E-state index in [0.717, 1.165) is 0 Å². The fraction of sp³-hybridized carbons (Fsp3) is 0.600. The first-order chi connectivity index (χ1) is 11.1. The molecule has 1 radical (unpaired) electrons. The third kappa shape index (κ3) is 13.2. The number of carbonyl (C=O) groups is 4. The minimum absolute atomic E-state index is 0. The maximum atomic E-state index is 11.3. The van der Waals surface area contributed by atoms with Crippen molar-refractivity contribution in [3.63, 3.8) is 0 Å². The van der Waals surface area contributed by atoms with Gasteiger partial charge in [-0.05, 0) is 0 Å². The maximum Gasteiger partial charge on any atom is 0.450 e. The number of ketones is 4. The van der Waals surface area contributed by atoms with Crippen molar-refractivity contribution in [1.82, 2.24) is 0 Å². The van der Waals surface area contributed by atoms with Crippen molar-refractivity contribution in [2.75, 3.05) is 0 Å². The molecule has 0 saturated heterocycles. The summed E-state index contributed by atoms with van der Waals surface area (Å²) < 4.78 is 136. The van der Waals surface area contributed by atoms with Gasteiger partial charge in [-0.3, -0.25) is 19.2 Å². The van der Waals surface area contributed by atoms with E-state index in [-0.39, 0.29) is 17.1 Å². The van der Waals surface area contributed by atoms with E-state index in [1.54, 1.807) is 0 Å². The average molecular weight is 480 g/mol. The standard InChI is InChI=1S/2C5H2F6O2.Cu/c2*6-4(7,8)2(12)1-3(13)5(9,10)11;/h2*1H2;. The second-order valence-corrected chi connectivity index (χ2v) is 4.04. The number of halogens is 12. The topological polar surface area (TPSA) is 68.3 Å². The number of hydrogen-bond donors (Lipinski definition) is 0. The largest absolute Gasteiger partial charge is 0.450 e. The molecule has 0 aliphatic rings. The van der Waals surface area contributed by atoms with E-state index >= 15 is 0 Å². The summed E-state index contributed by atoms with van der Waals surface area (Å²) >= 11 is 0. The van der Waals surface area contributed by atoms with Crippen LogP contribution in [0.5, 0.6) is 0 Å². The van der Waals surface area contributed by atoms with E-state index < -0.39 is 60.7 Å². The third-order valence-electron chi connectivity index (χ3n) is 1.91. The molecule has 0 unspecified atom stereocenters. The smallest absolute Gasteiger partial charge is 0.289 e.